The van der Waals surface area contributed by atoms with Crippen LogP contribution in [0, 0.1) is 0 Å². The van der Waals surface area contributed by atoms with Gasteiger partial charge in [-0.1, -0.05) is 24.6 Å². The zero-order chi connectivity index (χ0) is 14.5. The zero-order valence-electron chi connectivity index (χ0n) is 12.2. The summed E-state index contributed by atoms with van der Waals surface area (Å²) in [5, 5.41) is 8.51. The van der Waals surface area contributed by atoms with Gasteiger partial charge in [0.25, 0.3) is 0 Å². The highest BCUT2D eigenvalue weighted by atomic mass is 35.5. The Hall–Kier alpha value is -1.03. The molecular weight excluding hydrogens is 288 g/mol. The van der Waals surface area contributed by atoms with Gasteiger partial charge in [-0.05, 0) is 53.6 Å². The molecule has 0 saturated carbocycles. The van der Waals surface area contributed by atoms with Crippen molar-refractivity contribution in [3.8, 4) is 0 Å². The fraction of sp³-hybridized carbons (Fsp3) is 0.375. The van der Waals surface area contributed by atoms with Gasteiger partial charge in [0.1, 0.15) is 0 Å². The van der Waals surface area contributed by atoms with E-state index in [1.165, 1.54) is 5.56 Å². The molecule has 1 heterocycles. The fourth-order valence-electron chi connectivity index (χ4n) is 2.27. The van der Waals surface area contributed by atoms with E-state index >= 15 is 0 Å². The van der Waals surface area contributed by atoms with Gasteiger partial charge in [-0.3, -0.25) is 0 Å². The highest BCUT2D eigenvalue weighted by molar-refractivity contribution is 7.07. The Morgan fingerprint density at radius 2 is 2.15 bits per heavy atom. The highest BCUT2D eigenvalue weighted by Gasteiger charge is 2.11. The molecule has 108 valence electrons. The number of thiophene rings is 1. The van der Waals surface area contributed by atoms with Crippen LogP contribution in [0.25, 0.3) is 0 Å². The van der Waals surface area contributed by atoms with Crippen LogP contribution in [0.15, 0.2) is 35.0 Å². The van der Waals surface area contributed by atoms with E-state index in [1.54, 1.807) is 11.3 Å². The second kappa shape index (κ2) is 7.11. The average Bonchev–Trinajstić information content (AvgIpc) is 2.91. The third-order valence-corrected chi connectivity index (χ3v) is 4.46. The van der Waals surface area contributed by atoms with Gasteiger partial charge in [0.15, 0.2) is 0 Å². The normalized spacial score (nSPS) is 12.4. The first-order valence-corrected chi connectivity index (χ1v) is 8.19. The molecule has 1 N–H and O–H groups in total. The van der Waals surface area contributed by atoms with Crippen LogP contribution in [0.3, 0.4) is 0 Å². The fourth-order valence-corrected chi connectivity index (χ4v) is 3.27. The first kappa shape index (κ1) is 15.4. The number of nitrogens with one attached hydrogen (secondary N) is 1. The Balaban J connectivity index is 2.11. The molecule has 2 nitrogen and oxygen atoms in total. The third-order valence-electron chi connectivity index (χ3n) is 3.40. The number of halogens is 1. The molecule has 0 fully saturated rings. The van der Waals surface area contributed by atoms with Crippen LogP contribution < -0.4 is 10.2 Å². The number of hydrogen-bond acceptors (Lipinski definition) is 3. The third kappa shape index (κ3) is 3.75. The number of rotatable bonds is 6. The van der Waals surface area contributed by atoms with Crippen molar-refractivity contribution in [1.82, 2.24) is 5.32 Å². The van der Waals surface area contributed by atoms with Crippen LogP contribution in [-0.2, 0) is 6.54 Å². The first-order chi connectivity index (χ1) is 9.61. The van der Waals surface area contributed by atoms with E-state index in [0.29, 0.717) is 0 Å². The van der Waals surface area contributed by atoms with Crippen molar-refractivity contribution < 1.29 is 0 Å². The highest BCUT2D eigenvalue weighted by Crippen LogP contribution is 2.28. The molecule has 0 aliphatic heterocycles. The van der Waals surface area contributed by atoms with Crippen LogP contribution >= 0.6 is 22.9 Å². The predicted molar refractivity (Wildman–Crippen MR) is 90.0 cm³/mol. The van der Waals surface area contributed by atoms with Crippen molar-refractivity contribution in [2.24, 2.45) is 0 Å². The second-order valence-electron chi connectivity index (χ2n) is 4.97. The Morgan fingerprint density at radius 3 is 2.75 bits per heavy atom. The van der Waals surface area contributed by atoms with Crippen molar-refractivity contribution in [1.29, 1.82) is 0 Å². The van der Waals surface area contributed by atoms with E-state index in [4.69, 9.17) is 11.6 Å². The van der Waals surface area contributed by atoms with Crippen molar-refractivity contribution in [3.63, 3.8) is 0 Å². The number of anilines is 1. The van der Waals surface area contributed by atoms with Gasteiger partial charge in [-0.15, -0.1) is 0 Å². The topological polar surface area (TPSA) is 15.3 Å². The lowest BCUT2D eigenvalue weighted by Gasteiger charge is -2.21. The van der Waals surface area contributed by atoms with Gasteiger partial charge in [-0.2, -0.15) is 11.3 Å². The summed E-state index contributed by atoms with van der Waals surface area (Å²) < 4.78 is 0. The molecule has 1 aromatic heterocycles. The van der Waals surface area contributed by atoms with Gasteiger partial charge < -0.3 is 10.2 Å². The quantitative estimate of drug-likeness (QED) is 0.831. The molecule has 0 spiro atoms. The summed E-state index contributed by atoms with van der Waals surface area (Å²) in [5.41, 5.74) is 3.63. The molecule has 0 bridgehead atoms. The van der Waals surface area contributed by atoms with E-state index in [-0.39, 0.29) is 6.04 Å². The molecule has 1 atom stereocenters. The molecule has 0 saturated heterocycles. The number of benzene rings is 1. The second-order valence-corrected chi connectivity index (χ2v) is 6.16. The number of hydrogen-bond donors (Lipinski definition) is 1. The maximum absolute atomic E-state index is 6.42. The summed E-state index contributed by atoms with van der Waals surface area (Å²) in [6.07, 6.45) is 0. The van der Waals surface area contributed by atoms with Crippen molar-refractivity contribution in [2.75, 3.05) is 18.5 Å². The van der Waals surface area contributed by atoms with Gasteiger partial charge in [0.05, 0.1) is 0 Å². The minimum Gasteiger partial charge on any atom is -0.370 e. The average molecular weight is 309 g/mol. The summed E-state index contributed by atoms with van der Waals surface area (Å²) >= 11 is 8.15. The standard InChI is InChI=1S/C16H21ClN2S/c1-4-18-12(2)15-6-5-14(9-16(15)17)19(3)10-13-7-8-20-11-13/h5-9,11-12,18H,4,10H2,1-3H3. The predicted octanol–water partition coefficient (Wildman–Crippen LogP) is 4.71. The minimum absolute atomic E-state index is 0.281. The van der Waals surface area contributed by atoms with Gasteiger partial charge in [0.2, 0.25) is 0 Å². The van der Waals surface area contributed by atoms with Gasteiger partial charge in [-0.25, -0.2) is 0 Å². The van der Waals surface area contributed by atoms with Crippen LogP contribution in [0.1, 0.15) is 31.0 Å². The van der Waals surface area contributed by atoms with Gasteiger partial charge >= 0.3 is 0 Å². The van der Waals surface area contributed by atoms with Crippen molar-refractivity contribution in [3.05, 3.63) is 51.2 Å². The summed E-state index contributed by atoms with van der Waals surface area (Å²) in [6.45, 7) is 6.09. The molecule has 20 heavy (non-hydrogen) atoms. The lowest BCUT2D eigenvalue weighted by atomic mass is 10.1. The van der Waals surface area contributed by atoms with E-state index in [2.05, 4.69) is 66.1 Å². The molecule has 0 aliphatic carbocycles. The molecule has 0 aliphatic rings. The maximum atomic E-state index is 6.42. The molecule has 0 radical (unpaired) electrons. The SMILES string of the molecule is CCNC(C)c1ccc(N(C)Cc2ccsc2)cc1Cl. The molecule has 1 aromatic carbocycles. The number of nitrogens with zero attached hydrogens (tertiary/aromatic N) is 1. The Labute approximate surface area is 130 Å². The summed E-state index contributed by atoms with van der Waals surface area (Å²) in [7, 11) is 2.09. The van der Waals surface area contributed by atoms with E-state index in [9.17, 15) is 0 Å². The smallest absolute Gasteiger partial charge is 0.0474 e. The van der Waals surface area contributed by atoms with Crippen LogP contribution in [0.5, 0.6) is 0 Å². The Bertz CT molecular complexity index is 539. The summed E-state index contributed by atoms with van der Waals surface area (Å²) in [5.74, 6) is 0. The molecular formula is C16H21ClN2S. The summed E-state index contributed by atoms with van der Waals surface area (Å²) in [4.78, 5) is 2.22. The molecule has 0 amide bonds. The Kier molecular flexibility index (Phi) is 5.46. The van der Waals surface area contributed by atoms with E-state index in [1.807, 2.05) is 0 Å². The maximum Gasteiger partial charge on any atom is 0.0474 e. The lowest BCUT2D eigenvalue weighted by Crippen LogP contribution is -2.19. The zero-order valence-corrected chi connectivity index (χ0v) is 13.8. The largest absolute Gasteiger partial charge is 0.370 e. The lowest BCUT2D eigenvalue weighted by molar-refractivity contribution is 0.598. The molecule has 1 unspecified atom stereocenters. The molecule has 2 rings (SSSR count). The molecule has 2 aromatic rings. The van der Waals surface area contributed by atoms with Crippen molar-refractivity contribution in [2.45, 2.75) is 26.4 Å². The Morgan fingerprint density at radius 1 is 1.35 bits per heavy atom. The van der Waals surface area contributed by atoms with Crippen molar-refractivity contribution >= 4 is 28.6 Å². The molecule has 4 heteroatoms. The van der Waals surface area contributed by atoms with E-state index in [0.717, 1.165) is 29.4 Å². The van der Waals surface area contributed by atoms with Crippen LogP contribution in [-0.4, -0.2) is 13.6 Å². The van der Waals surface area contributed by atoms with E-state index < -0.39 is 0 Å². The van der Waals surface area contributed by atoms with Gasteiger partial charge in [0, 0.05) is 30.3 Å². The monoisotopic (exact) mass is 308 g/mol. The first-order valence-electron chi connectivity index (χ1n) is 6.87. The summed E-state index contributed by atoms with van der Waals surface area (Å²) in [6, 6.07) is 8.75. The van der Waals surface area contributed by atoms with Crippen LogP contribution in [0.4, 0.5) is 5.69 Å². The minimum atomic E-state index is 0.281. The van der Waals surface area contributed by atoms with Crippen LogP contribution in [0.2, 0.25) is 5.02 Å².